The van der Waals surface area contributed by atoms with Gasteiger partial charge in [-0.25, -0.2) is 30.7 Å². The number of rotatable bonds is 3. The van der Waals surface area contributed by atoms with Crippen LogP contribution in [0.2, 0.25) is 0 Å². The molecule has 0 radical (unpaired) electrons. The standard InChI is InChI=1S/C18H13FN2O5S3/c1-21-18(22)16-17(29(21,25)26)14(10-4-8-13(9-5-10)28(20,23)24)15(27-16)11-2-6-12(19)7-3-11/h2-9H,1H3,(H2,20,23,24). The van der Waals surface area contributed by atoms with Crippen LogP contribution in [0.1, 0.15) is 9.67 Å². The van der Waals surface area contributed by atoms with Gasteiger partial charge in [-0.15, -0.1) is 11.3 Å². The maximum atomic E-state index is 13.4. The number of amides is 1. The molecule has 0 aliphatic carbocycles. The molecule has 2 N–H and O–H groups in total. The van der Waals surface area contributed by atoms with Crippen LogP contribution in [0.5, 0.6) is 0 Å². The second-order valence-corrected chi connectivity index (χ2v) is 10.8. The van der Waals surface area contributed by atoms with Crippen LogP contribution < -0.4 is 5.14 Å². The summed E-state index contributed by atoms with van der Waals surface area (Å²) in [6, 6.07) is 10.8. The second-order valence-electron chi connectivity index (χ2n) is 6.32. The Morgan fingerprint density at radius 3 is 2.07 bits per heavy atom. The first-order valence-corrected chi connectivity index (χ1v) is 11.9. The highest BCUT2D eigenvalue weighted by Crippen LogP contribution is 2.49. The van der Waals surface area contributed by atoms with Crippen molar-refractivity contribution in [3.8, 4) is 21.6 Å². The molecule has 1 amide bonds. The summed E-state index contributed by atoms with van der Waals surface area (Å²) in [5.41, 5.74) is 1.18. The highest BCUT2D eigenvalue weighted by atomic mass is 32.2. The summed E-state index contributed by atoms with van der Waals surface area (Å²) in [5.74, 6) is -1.11. The van der Waals surface area contributed by atoms with Gasteiger partial charge >= 0.3 is 0 Å². The first kappa shape index (κ1) is 19.7. The number of carbonyl (C=O) groups excluding carboxylic acids is 1. The first-order valence-electron chi connectivity index (χ1n) is 8.11. The van der Waals surface area contributed by atoms with Crippen LogP contribution in [-0.2, 0) is 20.0 Å². The van der Waals surface area contributed by atoms with Crippen LogP contribution in [-0.4, -0.2) is 34.1 Å². The van der Waals surface area contributed by atoms with Crippen molar-refractivity contribution in [2.24, 2.45) is 5.14 Å². The third-order valence-corrected chi connectivity index (χ3v) is 8.64. The summed E-state index contributed by atoms with van der Waals surface area (Å²) in [5, 5.41) is 5.12. The minimum Gasteiger partial charge on any atom is -0.267 e. The Kier molecular flexibility index (Phi) is 4.39. The molecule has 7 nitrogen and oxygen atoms in total. The third-order valence-electron chi connectivity index (χ3n) is 4.54. The average Bonchev–Trinajstić information content (AvgIpc) is 3.14. The van der Waals surface area contributed by atoms with Crippen LogP contribution in [0.15, 0.2) is 58.3 Å². The molecule has 2 heterocycles. The predicted molar refractivity (Wildman–Crippen MR) is 106 cm³/mol. The molecule has 1 aliphatic heterocycles. The molecule has 0 bridgehead atoms. The topological polar surface area (TPSA) is 115 Å². The van der Waals surface area contributed by atoms with Crippen LogP contribution in [0.4, 0.5) is 4.39 Å². The third kappa shape index (κ3) is 3.06. The molecule has 0 fully saturated rings. The molecule has 4 rings (SSSR count). The number of nitrogens with zero attached hydrogens (tertiary/aromatic N) is 1. The van der Waals surface area contributed by atoms with Crippen LogP contribution >= 0.6 is 11.3 Å². The van der Waals surface area contributed by atoms with Crippen molar-refractivity contribution in [1.82, 2.24) is 4.31 Å². The number of carbonyl (C=O) groups is 1. The zero-order valence-electron chi connectivity index (χ0n) is 14.8. The van der Waals surface area contributed by atoms with Gasteiger partial charge in [-0.1, -0.05) is 24.3 Å². The molecule has 11 heteroatoms. The second kappa shape index (κ2) is 6.46. The zero-order chi connectivity index (χ0) is 21.1. The maximum Gasteiger partial charge on any atom is 0.278 e. The highest BCUT2D eigenvalue weighted by molar-refractivity contribution is 7.90. The fraction of sp³-hybridized carbons (Fsp3) is 0.0556. The number of sulfonamides is 2. The SMILES string of the molecule is CN1C(=O)c2sc(-c3ccc(F)cc3)c(-c3ccc(S(N)(=O)=O)cc3)c2S1(=O)=O. The number of hydrogen-bond donors (Lipinski definition) is 1. The summed E-state index contributed by atoms with van der Waals surface area (Å²) in [6.45, 7) is 0. The number of nitrogens with two attached hydrogens (primary N) is 1. The van der Waals surface area contributed by atoms with Crippen molar-refractivity contribution < 1.29 is 26.0 Å². The lowest BCUT2D eigenvalue weighted by Gasteiger charge is -2.12. The summed E-state index contributed by atoms with van der Waals surface area (Å²) in [4.78, 5) is 12.7. The number of halogens is 1. The molecule has 3 aromatic rings. The van der Waals surface area contributed by atoms with Gasteiger partial charge in [0, 0.05) is 17.5 Å². The Labute approximate surface area is 170 Å². The molecule has 2 aromatic carbocycles. The van der Waals surface area contributed by atoms with E-state index in [0.29, 0.717) is 20.3 Å². The summed E-state index contributed by atoms with van der Waals surface area (Å²) in [6.07, 6.45) is 0. The monoisotopic (exact) mass is 452 g/mol. The quantitative estimate of drug-likeness (QED) is 0.656. The number of hydrogen-bond acceptors (Lipinski definition) is 6. The molecule has 0 saturated heterocycles. The summed E-state index contributed by atoms with van der Waals surface area (Å²) >= 11 is 0.991. The normalized spacial score (nSPS) is 15.6. The van der Waals surface area contributed by atoms with Crippen molar-refractivity contribution in [2.75, 3.05) is 7.05 Å². The molecule has 0 saturated carbocycles. The van der Waals surface area contributed by atoms with E-state index in [2.05, 4.69) is 0 Å². The van der Waals surface area contributed by atoms with Crippen molar-refractivity contribution >= 4 is 37.3 Å². The minimum atomic E-state index is -4.07. The number of thiophene rings is 1. The van der Waals surface area contributed by atoms with Gasteiger partial charge < -0.3 is 0 Å². The van der Waals surface area contributed by atoms with E-state index in [1.165, 1.54) is 55.6 Å². The van der Waals surface area contributed by atoms with Crippen molar-refractivity contribution in [2.45, 2.75) is 9.79 Å². The lowest BCUT2D eigenvalue weighted by Crippen LogP contribution is -2.25. The van der Waals surface area contributed by atoms with Gasteiger partial charge in [0.2, 0.25) is 10.0 Å². The maximum absolute atomic E-state index is 13.4. The minimum absolute atomic E-state index is 0.0531. The van der Waals surface area contributed by atoms with E-state index in [1.807, 2.05) is 0 Å². The van der Waals surface area contributed by atoms with Crippen LogP contribution in [0.25, 0.3) is 21.6 Å². The molecule has 0 spiro atoms. The lowest BCUT2D eigenvalue weighted by atomic mass is 10.0. The van der Waals surface area contributed by atoms with E-state index in [-0.39, 0.29) is 20.2 Å². The first-order chi connectivity index (χ1) is 13.5. The Morgan fingerprint density at radius 2 is 1.52 bits per heavy atom. The fourth-order valence-electron chi connectivity index (χ4n) is 3.07. The zero-order valence-corrected chi connectivity index (χ0v) is 17.2. The van der Waals surface area contributed by atoms with Crippen LogP contribution in [0.3, 0.4) is 0 Å². The van der Waals surface area contributed by atoms with Crippen molar-refractivity contribution in [3.63, 3.8) is 0 Å². The average molecular weight is 453 g/mol. The van der Waals surface area contributed by atoms with Gasteiger partial charge in [0.1, 0.15) is 15.6 Å². The van der Waals surface area contributed by atoms with Gasteiger partial charge in [0.25, 0.3) is 15.9 Å². The molecule has 0 atom stereocenters. The largest absolute Gasteiger partial charge is 0.278 e. The Hall–Kier alpha value is -2.60. The smallest absolute Gasteiger partial charge is 0.267 e. The Morgan fingerprint density at radius 1 is 0.966 bits per heavy atom. The van der Waals surface area contributed by atoms with E-state index in [4.69, 9.17) is 5.14 Å². The van der Waals surface area contributed by atoms with E-state index in [1.54, 1.807) is 0 Å². The fourth-order valence-corrected chi connectivity index (χ4v) is 6.73. The van der Waals surface area contributed by atoms with E-state index >= 15 is 0 Å². The molecule has 150 valence electrons. The highest BCUT2D eigenvalue weighted by Gasteiger charge is 2.44. The van der Waals surface area contributed by atoms with E-state index < -0.39 is 31.8 Å². The predicted octanol–water partition coefficient (Wildman–Crippen LogP) is 2.64. The molecule has 1 aliphatic rings. The van der Waals surface area contributed by atoms with Crippen LogP contribution in [0, 0.1) is 5.82 Å². The van der Waals surface area contributed by atoms with E-state index in [9.17, 15) is 26.0 Å². The molecular formula is C18H13FN2O5S3. The molecular weight excluding hydrogens is 439 g/mol. The molecule has 0 unspecified atom stereocenters. The van der Waals surface area contributed by atoms with Gasteiger partial charge in [-0.2, -0.15) is 0 Å². The number of fused-ring (bicyclic) bond motifs is 1. The number of primary sulfonamides is 1. The van der Waals surface area contributed by atoms with Gasteiger partial charge in [0.05, 0.1) is 4.90 Å². The molecule has 29 heavy (non-hydrogen) atoms. The summed E-state index contributed by atoms with van der Waals surface area (Å²) < 4.78 is 62.8. The van der Waals surface area contributed by atoms with Crippen molar-refractivity contribution in [3.05, 3.63) is 59.2 Å². The Balaban J connectivity index is 2.03. The number of benzene rings is 2. The van der Waals surface area contributed by atoms with Gasteiger partial charge in [-0.05, 0) is 35.4 Å². The lowest BCUT2D eigenvalue weighted by molar-refractivity contribution is 0.0895. The Bertz CT molecular complexity index is 1360. The summed E-state index contributed by atoms with van der Waals surface area (Å²) in [7, 11) is -6.82. The van der Waals surface area contributed by atoms with Gasteiger partial charge in [0.15, 0.2) is 0 Å². The van der Waals surface area contributed by atoms with Gasteiger partial charge in [-0.3, -0.25) is 4.79 Å². The van der Waals surface area contributed by atoms with E-state index in [0.717, 1.165) is 11.3 Å². The molecule has 1 aromatic heterocycles. The van der Waals surface area contributed by atoms with Crippen molar-refractivity contribution in [1.29, 1.82) is 0 Å².